The molecule has 282 valence electrons. The predicted molar refractivity (Wildman–Crippen MR) is 251 cm³/mol. The third-order valence-corrected chi connectivity index (χ3v) is 12.8. The normalized spacial score (nSPS) is 13.0. The van der Waals surface area contributed by atoms with Gasteiger partial charge < -0.3 is 4.57 Å². The van der Waals surface area contributed by atoms with Gasteiger partial charge in [0.1, 0.15) is 0 Å². The van der Waals surface area contributed by atoms with Crippen LogP contribution in [0.15, 0.2) is 200 Å². The monoisotopic (exact) mass is 765 g/mol. The van der Waals surface area contributed by atoms with E-state index in [1.807, 2.05) is 6.07 Å². The Hall–Kier alpha value is -7.62. The van der Waals surface area contributed by atoms with Crippen LogP contribution >= 0.6 is 0 Å². The third-order valence-electron chi connectivity index (χ3n) is 12.8. The number of aromatic nitrogens is 3. The fourth-order valence-electron chi connectivity index (χ4n) is 9.96. The van der Waals surface area contributed by atoms with E-state index in [2.05, 4.69) is 213 Å². The Labute approximate surface area is 348 Å². The van der Waals surface area contributed by atoms with Gasteiger partial charge in [-0.2, -0.15) is 0 Å². The van der Waals surface area contributed by atoms with E-state index in [-0.39, 0.29) is 5.41 Å². The maximum atomic E-state index is 5.38. The molecule has 0 fully saturated rings. The van der Waals surface area contributed by atoms with Gasteiger partial charge in [-0.1, -0.05) is 178 Å². The van der Waals surface area contributed by atoms with Crippen molar-refractivity contribution in [3.05, 3.63) is 211 Å². The lowest BCUT2D eigenvalue weighted by Crippen LogP contribution is -2.14. The second kappa shape index (κ2) is 13.2. The zero-order valence-electron chi connectivity index (χ0n) is 33.4. The minimum atomic E-state index is -0.163. The van der Waals surface area contributed by atoms with Crippen molar-refractivity contribution in [3.8, 4) is 61.8 Å². The zero-order chi connectivity index (χ0) is 40.0. The first kappa shape index (κ1) is 34.4. The molecule has 0 unspecified atom stereocenters. The van der Waals surface area contributed by atoms with Crippen molar-refractivity contribution in [3.63, 3.8) is 0 Å². The van der Waals surface area contributed by atoms with Crippen molar-refractivity contribution in [2.45, 2.75) is 19.3 Å². The highest BCUT2D eigenvalue weighted by atomic mass is 15.0. The molecule has 0 saturated heterocycles. The maximum absolute atomic E-state index is 5.38. The first-order valence-corrected chi connectivity index (χ1v) is 20.7. The number of hydrogen-bond acceptors (Lipinski definition) is 2. The summed E-state index contributed by atoms with van der Waals surface area (Å²) in [7, 11) is 0. The molecule has 2 heterocycles. The molecule has 0 aliphatic heterocycles. The topological polar surface area (TPSA) is 30.7 Å². The van der Waals surface area contributed by atoms with E-state index in [0.29, 0.717) is 5.82 Å². The van der Waals surface area contributed by atoms with Crippen LogP contribution in [-0.2, 0) is 5.41 Å². The maximum Gasteiger partial charge on any atom is 0.160 e. The molecule has 60 heavy (non-hydrogen) atoms. The van der Waals surface area contributed by atoms with Gasteiger partial charge in [0.15, 0.2) is 5.82 Å². The van der Waals surface area contributed by atoms with E-state index >= 15 is 0 Å². The van der Waals surface area contributed by atoms with Gasteiger partial charge in [0.2, 0.25) is 0 Å². The first-order chi connectivity index (χ1) is 29.5. The average Bonchev–Trinajstić information content (AvgIpc) is 3.76. The molecule has 1 aliphatic carbocycles. The molecular formula is C57H39N3. The van der Waals surface area contributed by atoms with Crippen LogP contribution in [0.1, 0.15) is 25.0 Å². The first-order valence-electron chi connectivity index (χ1n) is 20.7. The van der Waals surface area contributed by atoms with Gasteiger partial charge in [-0.3, -0.25) is 0 Å². The van der Waals surface area contributed by atoms with Crippen LogP contribution in [0.5, 0.6) is 0 Å². The van der Waals surface area contributed by atoms with Gasteiger partial charge in [0.25, 0.3) is 0 Å². The minimum Gasteiger partial charge on any atom is -0.309 e. The lowest BCUT2D eigenvalue weighted by Gasteiger charge is -2.22. The summed E-state index contributed by atoms with van der Waals surface area (Å²) in [6.45, 7) is 4.70. The Morgan fingerprint density at radius 2 is 0.983 bits per heavy atom. The SMILES string of the molecule is CC1(C)c2cc3ccccc3cc2-c2c(-c3cc(-c4ccc(-c5cccc6c7ccccc7n(-c7ccccc7)c56)c5ccccc45)nc(-c4ccccc4)n3)cccc21. The van der Waals surface area contributed by atoms with Crippen molar-refractivity contribution < 1.29 is 0 Å². The molecule has 12 rings (SSSR count). The molecule has 0 radical (unpaired) electrons. The zero-order valence-corrected chi connectivity index (χ0v) is 33.4. The number of rotatable bonds is 5. The summed E-state index contributed by atoms with van der Waals surface area (Å²) < 4.78 is 2.42. The summed E-state index contributed by atoms with van der Waals surface area (Å²) in [6, 6.07) is 72.4. The molecular weight excluding hydrogens is 727 g/mol. The van der Waals surface area contributed by atoms with Gasteiger partial charge >= 0.3 is 0 Å². The molecule has 0 amide bonds. The Kier molecular flexibility index (Phi) is 7.58. The van der Waals surface area contributed by atoms with Gasteiger partial charge in [-0.15, -0.1) is 0 Å². The second-order valence-electron chi connectivity index (χ2n) is 16.5. The number of fused-ring (bicyclic) bond motifs is 8. The summed E-state index contributed by atoms with van der Waals surface area (Å²) in [5.41, 5.74) is 16.0. The van der Waals surface area contributed by atoms with Gasteiger partial charge in [-0.05, 0) is 85.8 Å². The molecule has 9 aromatic carbocycles. The molecule has 0 N–H and O–H groups in total. The molecule has 3 nitrogen and oxygen atoms in total. The van der Waals surface area contributed by atoms with Crippen LogP contribution in [0.4, 0.5) is 0 Å². The van der Waals surface area contributed by atoms with Crippen LogP contribution in [0, 0.1) is 0 Å². The van der Waals surface area contributed by atoms with Gasteiger partial charge in [0.05, 0.1) is 22.4 Å². The average molecular weight is 766 g/mol. The summed E-state index contributed by atoms with van der Waals surface area (Å²) >= 11 is 0. The van der Waals surface area contributed by atoms with Crippen LogP contribution in [0.2, 0.25) is 0 Å². The van der Waals surface area contributed by atoms with E-state index in [0.717, 1.165) is 39.2 Å². The van der Waals surface area contributed by atoms with E-state index in [1.165, 1.54) is 71.3 Å². The quantitative estimate of drug-likeness (QED) is 0.175. The highest BCUT2D eigenvalue weighted by Crippen LogP contribution is 2.53. The molecule has 3 heteroatoms. The molecule has 1 aliphatic rings. The fraction of sp³-hybridized carbons (Fsp3) is 0.0526. The van der Waals surface area contributed by atoms with Crippen molar-refractivity contribution in [1.29, 1.82) is 0 Å². The highest BCUT2D eigenvalue weighted by Gasteiger charge is 2.37. The van der Waals surface area contributed by atoms with Crippen LogP contribution < -0.4 is 0 Å². The second-order valence-corrected chi connectivity index (χ2v) is 16.5. The van der Waals surface area contributed by atoms with Crippen molar-refractivity contribution in [2.24, 2.45) is 0 Å². The van der Waals surface area contributed by atoms with Gasteiger partial charge in [0, 0.05) is 44.1 Å². The van der Waals surface area contributed by atoms with E-state index in [1.54, 1.807) is 0 Å². The van der Waals surface area contributed by atoms with Crippen molar-refractivity contribution in [1.82, 2.24) is 14.5 Å². The largest absolute Gasteiger partial charge is 0.309 e. The molecule has 0 spiro atoms. The molecule has 0 atom stereocenters. The fourth-order valence-corrected chi connectivity index (χ4v) is 9.96. The summed E-state index contributed by atoms with van der Waals surface area (Å²) in [4.78, 5) is 10.8. The summed E-state index contributed by atoms with van der Waals surface area (Å²) in [5, 5.41) is 7.32. The lowest BCUT2D eigenvalue weighted by atomic mass is 9.81. The Balaban J connectivity index is 1.09. The Morgan fingerprint density at radius 1 is 0.400 bits per heavy atom. The van der Waals surface area contributed by atoms with Crippen molar-refractivity contribution >= 4 is 43.4 Å². The summed E-state index contributed by atoms with van der Waals surface area (Å²) in [5.74, 6) is 0.710. The molecule has 11 aromatic rings. The standard InChI is InChI=1S/C57H39N3/c1-57(2)49-29-16-28-47(54(49)48-33-37-19-9-10-20-38(37)34-50(48)57)52-35-51(58-56(59-52)36-17-5-3-6-18-36)43-32-31-42(40-23-11-12-24-41(40)43)45-26-15-27-46-44-25-13-14-30-53(44)60(55(45)46)39-21-7-4-8-22-39/h3-35H,1-2H3. The Morgan fingerprint density at radius 3 is 1.77 bits per heavy atom. The predicted octanol–water partition coefficient (Wildman–Crippen LogP) is 14.9. The minimum absolute atomic E-state index is 0.163. The van der Waals surface area contributed by atoms with Crippen LogP contribution in [-0.4, -0.2) is 14.5 Å². The molecule has 2 aromatic heterocycles. The Bertz CT molecular complexity index is 3500. The number of nitrogens with zero attached hydrogens (tertiary/aromatic N) is 3. The molecule has 0 saturated carbocycles. The summed E-state index contributed by atoms with van der Waals surface area (Å²) in [6.07, 6.45) is 0. The lowest BCUT2D eigenvalue weighted by molar-refractivity contribution is 0.661. The van der Waals surface area contributed by atoms with Gasteiger partial charge in [-0.25, -0.2) is 9.97 Å². The number of hydrogen-bond donors (Lipinski definition) is 0. The van der Waals surface area contributed by atoms with E-state index in [9.17, 15) is 0 Å². The van der Waals surface area contributed by atoms with E-state index in [4.69, 9.17) is 9.97 Å². The number of benzene rings is 9. The number of para-hydroxylation sites is 3. The smallest absolute Gasteiger partial charge is 0.160 e. The molecule has 0 bridgehead atoms. The van der Waals surface area contributed by atoms with Crippen LogP contribution in [0.3, 0.4) is 0 Å². The third kappa shape index (κ3) is 5.15. The van der Waals surface area contributed by atoms with Crippen LogP contribution in [0.25, 0.3) is 105 Å². The van der Waals surface area contributed by atoms with Crippen molar-refractivity contribution in [2.75, 3.05) is 0 Å². The highest BCUT2D eigenvalue weighted by molar-refractivity contribution is 6.16. The van der Waals surface area contributed by atoms with E-state index < -0.39 is 0 Å².